The smallest absolute Gasteiger partial charge is 0.164 e. The number of hydrogen-bond donors (Lipinski definition) is 1. The minimum Gasteiger partial charge on any atom is -0.396 e. The van der Waals surface area contributed by atoms with E-state index in [4.69, 9.17) is 9.84 Å². The van der Waals surface area contributed by atoms with Gasteiger partial charge in [-0.15, -0.1) is 0 Å². The van der Waals surface area contributed by atoms with Crippen LogP contribution in [0.4, 0.5) is 8.78 Å². The molecule has 0 radical (unpaired) electrons. The summed E-state index contributed by atoms with van der Waals surface area (Å²) < 4.78 is 31.5. The summed E-state index contributed by atoms with van der Waals surface area (Å²) in [5, 5.41) is 8.61. The molecule has 0 aliphatic rings. The third kappa shape index (κ3) is 6.64. The largest absolute Gasteiger partial charge is 0.396 e. The van der Waals surface area contributed by atoms with Crippen LogP contribution in [0.1, 0.15) is 44.1 Å². The van der Waals surface area contributed by atoms with Gasteiger partial charge >= 0.3 is 0 Å². The Morgan fingerprint density at radius 2 is 1.63 bits per heavy atom. The Balaban J connectivity index is 2.03. The molecule has 0 unspecified atom stereocenters. The fourth-order valence-corrected chi connectivity index (χ4v) is 1.87. The summed E-state index contributed by atoms with van der Waals surface area (Å²) in [6, 6.07) is 4.12. The molecule has 108 valence electrons. The Morgan fingerprint density at radius 1 is 0.947 bits per heavy atom. The van der Waals surface area contributed by atoms with Crippen molar-refractivity contribution < 1.29 is 18.6 Å². The van der Waals surface area contributed by atoms with Crippen molar-refractivity contribution in [2.45, 2.75) is 45.1 Å². The van der Waals surface area contributed by atoms with E-state index in [1.807, 2.05) is 0 Å². The van der Waals surface area contributed by atoms with Crippen LogP contribution >= 0.6 is 0 Å². The first kappa shape index (κ1) is 16.1. The molecule has 0 aliphatic heterocycles. The maximum absolute atomic E-state index is 13.3. The fourth-order valence-electron chi connectivity index (χ4n) is 1.87. The lowest BCUT2D eigenvalue weighted by molar-refractivity contribution is 0.114. The molecule has 1 aromatic carbocycles. The highest BCUT2D eigenvalue weighted by Gasteiger charge is 2.06. The molecule has 19 heavy (non-hydrogen) atoms. The zero-order valence-corrected chi connectivity index (χ0v) is 11.2. The zero-order valence-electron chi connectivity index (χ0n) is 11.2. The van der Waals surface area contributed by atoms with Gasteiger partial charge in [-0.3, -0.25) is 0 Å². The molecule has 0 aliphatic carbocycles. The first-order valence-corrected chi connectivity index (χ1v) is 6.87. The molecule has 0 bridgehead atoms. The first-order chi connectivity index (χ1) is 9.25. The highest BCUT2D eigenvalue weighted by molar-refractivity contribution is 5.17. The van der Waals surface area contributed by atoms with Crippen LogP contribution in [0.15, 0.2) is 18.2 Å². The van der Waals surface area contributed by atoms with Crippen molar-refractivity contribution >= 4 is 0 Å². The van der Waals surface area contributed by atoms with E-state index in [0.717, 1.165) is 44.6 Å². The van der Waals surface area contributed by atoms with Crippen LogP contribution in [0.2, 0.25) is 0 Å². The molecule has 0 saturated heterocycles. The van der Waals surface area contributed by atoms with E-state index in [0.29, 0.717) is 6.61 Å². The topological polar surface area (TPSA) is 29.5 Å². The lowest BCUT2D eigenvalue weighted by Crippen LogP contribution is -1.99. The third-order valence-electron chi connectivity index (χ3n) is 2.99. The van der Waals surface area contributed by atoms with E-state index in [1.165, 1.54) is 12.1 Å². The lowest BCUT2D eigenvalue weighted by Gasteiger charge is -2.06. The second kappa shape index (κ2) is 9.87. The van der Waals surface area contributed by atoms with Crippen LogP contribution in [-0.4, -0.2) is 18.3 Å². The summed E-state index contributed by atoms with van der Waals surface area (Å²) in [7, 11) is 0. The maximum Gasteiger partial charge on any atom is 0.164 e. The molecule has 2 nitrogen and oxygen atoms in total. The van der Waals surface area contributed by atoms with Crippen molar-refractivity contribution in [1.82, 2.24) is 0 Å². The monoisotopic (exact) mass is 272 g/mol. The molecule has 0 aromatic heterocycles. The molecule has 0 amide bonds. The quantitative estimate of drug-likeness (QED) is 0.656. The summed E-state index contributed by atoms with van der Waals surface area (Å²) >= 11 is 0. The molecule has 0 spiro atoms. The Morgan fingerprint density at radius 3 is 2.37 bits per heavy atom. The summed E-state index contributed by atoms with van der Waals surface area (Å²) in [5.41, 5.74) is 0.267. The average Bonchev–Trinajstić information content (AvgIpc) is 2.41. The van der Waals surface area contributed by atoms with Gasteiger partial charge < -0.3 is 9.84 Å². The SMILES string of the molecule is OCCCCCCCCOCc1cccc(F)c1F. The number of halogens is 2. The van der Waals surface area contributed by atoms with E-state index in [9.17, 15) is 8.78 Å². The summed E-state index contributed by atoms with van der Waals surface area (Å²) in [4.78, 5) is 0. The van der Waals surface area contributed by atoms with E-state index in [2.05, 4.69) is 0 Å². The summed E-state index contributed by atoms with van der Waals surface area (Å²) in [5.74, 6) is -1.64. The minimum absolute atomic E-state index is 0.119. The minimum atomic E-state index is -0.829. The molecule has 4 heteroatoms. The summed E-state index contributed by atoms with van der Waals surface area (Å²) in [6.45, 7) is 0.951. The zero-order chi connectivity index (χ0) is 13.9. The molecule has 0 saturated carbocycles. The Bertz CT molecular complexity index is 356. The molecule has 1 aromatic rings. The second-order valence-electron chi connectivity index (χ2n) is 4.61. The van der Waals surface area contributed by atoms with Crippen molar-refractivity contribution in [1.29, 1.82) is 0 Å². The molecule has 1 N–H and O–H groups in total. The number of unbranched alkanes of at least 4 members (excludes halogenated alkanes) is 5. The van der Waals surface area contributed by atoms with Gasteiger partial charge in [0.05, 0.1) is 6.61 Å². The number of rotatable bonds is 10. The van der Waals surface area contributed by atoms with Gasteiger partial charge in [-0.1, -0.05) is 37.8 Å². The van der Waals surface area contributed by atoms with Crippen molar-refractivity contribution in [3.63, 3.8) is 0 Å². The predicted octanol–water partition coefficient (Wildman–Crippen LogP) is 3.81. The Kier molecular flexibility index (Phi) is 8.34. The average molecular weight is 272 g/mol. The van der Waals surface area contributed by atoms with Crippen molar-refractivity contribution in [2.24, 2.45) is 0 Å². The van der Waals surface area contributed by atoms with Crippen LogP contribution in [0.5, 0.6) is 0 Å². The third-order valence-corrected chi connectivity index (χ3v) is 2.99. The van der Waals surface area contributed by atoms with Crippen molar-refractivity contribution in [2.75, 3.05) is 13.2 Å². The van der Waals surface area contributed by atoms with Crippen LogP contribution in [0.3, 0.4) is 0 Å². The van der Waals surface area contributed by atoms with E-state index in [-0.39, 0.29) is 18.8 Å². The van der Waals surface area contributed by atoms with Crippen LogP contribution in [0, 0.1) is 11.6 Å². The van der Waals surface area contributed by atoms with Crippen LogP contribution in [-0.2, 0) is 11.3 Å². The van der Waals surface area contributed by atoms with Crippen molar-refractivity contribution in [3.8, 4) is 0 Å². The van der Waals surface area contributed by atoms with Gasteiger partial charge in [0, 0.05) is 18.8 Å². The fraction of sp³-hybridized carbons (Fsp3) is 0.600. The number of hydrogen-bond acceptors (Lipinski definition) is 2. The van der Waals surface area contributed by atoms with Gasteiger partial charge in [-0.25, -0.2) is 8.78 Å². The molecule has 0 fully saturated rings. The first-order valence-electron chi connectivity index (χ1n) is 6.87. The standard InChI is InChI=1S/C15H22F2O2/c16-14-9-7-8-13(15(14)17)12-19-11-6-4-2-1-3-5-10-18/h7-9,18H,1-6,10-12H2. The number of aliphatic hydroxyl groups excluding tert-OH is 1. The van der Waals surface area contributed by atoms with Gasteiger partial charge in [0.15, 0.2) is 11.6 Å². The van der Waals surface area contributed by atoms with Gasteiger partial charge in [-0.2, -0.15) is 0 Å². The van der Waals surface area contributed by atoms with Gasteiger partial charge in [0.2, 0.25) is 0 Å². The molecular formula is C15H22F2O2. The molecular weight excluding hydrogens is 250 g/mol. The Hall–Kier alpha value is -1.00. The van der Waals surface area contributed by atoms with Crippen molar-refractivity contribution in [3.05, 3.63) is 35.4 Å². The molecule has 0 heterocycles. The highest BCUT2D eigenvalue weighted by atomic mass is 19.2. The highest BCUT2D eigenvalue weighted by Crippen LogP contribution is 2.12. The van der Waals surface area contributed by atoms with Gasteiger partial charge in [0.25, 0.3) is 0 Å². The second-order valence-corrected chi connectivity index (χ2v) is 4.61. The molecule has 1 rings (SSSR count). The van der Waals surface area contributed by atoms with Crippen LogP contribution in [0.25, 0.3) is 0 Å². The lowest BCUT2D eigenvalue weighted by atomic mass is 10.1. The molecule has 0 atom stereocenters. The van der Waals surface area contributed by atoms with E-state index in [1.54, 1.807) is 0 Å². The van der Waals surface area contributed by atoms with E-state index < -0.39 is 11.6 Å². The number of benzene rings is 1. The van der Waals surface area contributed by atoms with Gasteiger partial charge in [-0.05, 0) is 18.9 Å². The van der Waals surface area contributed by atoms with Crippen LogP contribution < -0.4 is 0 Å². The number of aliphatic hydroxyl groups is 1. The predicted molar refractivity (Wildman–Crippen MR) is 70.8 cm³/mol. The maximum atomic E-state index is 13.3. The number of ether oxygens (including phenoxy) is 1. The van der Waals surface area contributed by atoms with Gasteiger partial charge in [0.1, 0.15) is 0 Å². The van der Waals surface area contributed by atoms with E-state index >= 15 is 0 Å². The normalized spacial score (nSPS) is 10.9. The summed E-state index contributed by atoms with van der Waals surface area (Å²) in [6.07, 6.45) is 6.17. The Labute approximate surface area is 113 Å².